The van der Waals surface area contributed by atoms with E-state index in [1.165, 1.54) is 13.3 Å². The van der Waals surface area contributed by atoms with Gasteiger partial charge < -0.3 is 10.5 Å². The standard InChI is InChI=1S/C11H10N2O2/c1-15-11(14)9-6-13-5-8-7(9)3-2-4-10(8)12/h2-6H,12H2,1H3. The highest BCUT2D eigenvalue weighted by atomic mass is 16.5. The Labute approximate surface area is 86.7 Å². The Bertz CT molecular complexity index is 523. The number of fused-ring (bicyclic) bond motifs is 1. The summed E-state index contributed by atoms with van der Waals surface area (Å²) in [6, 6.07) is 5.38. The summed E-state index contributed by atoms with van der Waals surface area (Å²) in [6.45, 7) is 0. The first kappa shape index (κ1) is 9.45. The van der Waals surface area contributed by atoms with E-state index in [9.17, 15) is 4.79 Å². The van der Waals surface area contributed by atoms with E-state index in [0.29, 0.717) is 11.3 Å². The Balaban J connectivity index is 2.77. The van der Waals surface area contributed by atoms with Gasteiger partial charge in [0.05, 0.1) is 12.7 Å². The van der Waals surface area contributed by atoms with Crippen molar-refractivity contribution in [3.63, 3.8) is 0 Å². The Hall–Kier alpha value is -2.10. The van der Waals surface area contributed by atoms with Crippen LogP contribution >= 0.6 is 0 Å². The van der Waals surface area contributed by atoms with E-state index < -0.39 is 5.97 Å². The van der Waals surface area contributed by atoms with Gasteiger partial charge in [0.2, 0.25) is 0 Å². The topological polar surface area (TPSA) is 65.2 Å². The summed E-state index contributed by atoms with van der Waals surface area (Å²) in [5.74, 6) is -0.404. The molecular weight excluding hydrogens is 192 g/mol. The molecular formula is C11H10N2O2. The molecule has 0 aliphatic carbocycles. The number of esters is 1. The van der Waals surface area contributed by atoms with Gasteiger partial charge in [-0.3, -0.25) is 4.98 Å². The lowest BCUT2D eigenvalue weighted by Gasteiger charge is -2.05. The number of nitrogen functional groups attached to an aromatic ring is 1. The molecule has 15 heavy (non-hydrogen) atoms. The van der Waals surface area contributed by atoms with E-state index in [2.05, 4.69) is 9.72 Å². The van der Waals surface area contributed by atoms with Crippen LogP contribution in [0.5, 0.6) is 0 Å². The zero-order valence-corrected chi connectivity index (χ0v) is 8.23. The van der Waals surface area contributed by atoms with Crippen LogP contribution in [0.4, 0.5) is 5.69 Å². The Morgan fingerprint density at radius 3 is 2.87 bits per heavy atom. The number of benzene rings is 1. The molecule has 1 aromatic heterocycles. The number of carbonyl (C=O) groups excluding carboxylic acids is 1. The maximum atomic E-state index is 11.4. The maximum absolute atomic E-state index is 11.4. The van der Waals surface area contributed by atoms with Crippen molar-refractivity contribution < 1.29 is 9.53 Å². The van der Waals surface area contributed by atoms with E-state index in [4.69, 9.17) is 5.73 Å². The number of methoxy groups -OCH3 is 1. The molecule has 2 aromatic rings. The van der Waals surface area contributed by atoms with Crippen molar-refractivity contribution in [2.45, 2.75) is 0 Å². The highest BCUT2D eigenvalue weighted by Crippen LogP contribution is 2.23. The second-order valence-corrected chi connectivity index (χ2v) is 3.12. The van der Waals surface area contributed by atoms with Gasteiger partial charge in [-0.25, -0.2) is 4.79 Å². The van der Waals surface area contributed by atoms with Crippen molar-refractivity contribution >= 4 is 22.4 Å². The summed E-state index contributed by atoms with van der Waals surface area (Å²) in [5.41, 5.74) is 6.81. The Morgan fingerprint density at radius 2 is 2.13 bits per heavy atom. The van der Waals surface area contributed by atoms with Crippen molar-refractivity contribution in [2.24, 2.45) is 0 Å². The molecule has 0 spiro atoms. The van der Waals surface area contributed by atoms with Gasteiger partial charge in [0.15, 0.2) is 0 Å². The van der Waals surface area contributed by atoms with E-state index in [1.54, 1.807) is 18.3 Å². The number of rotatable bonds is 1. The van der Waals surface area contributed by atoms with Gasteiger partial charge in [-0.05, 0) is 6.07 Å². The molecule has 2 rings (SSSR count). The summed E-state index contributed by atoms with van der Waals surface area (Å²) in [5, 5.41) is 1.53. The predicted octanol–water partition coefficient (Wildman–Crippen LogP) is 1.60. The third-order valence-corrected chi connectivity index (χ3v) is 2.24. The molecule has 1 aromatic carbocycles. The number of pyridine rings is 1. The van der Waals surface area contributed by atoms with Crippen LogP contribution < -0.4 is 5.73 Å². The Kier molecular flexibility index (Phi) is 2.25. The molecule has 0 radical (unpaired) electrons. The quantitative estimate of drug-likeness (QED) is 0.563. The first-order valence-electron chi connectivity index (χ1n) is 4.44. The summed E-state index contributed by atoms with van der Waals surface area (Å²) < 4.78 is 4.66. The van der Waals surface area contributed by atoms with Crippen molar-refractivity contribution in [3.05, 3.63) is 36.2 Å². The van der Waals surface area contributed by atoms with E-state index in [-0.39, 0.29) is 0 Å². The average molecular weight is 202 g/mol. The van der Waals surface area contributed by atoms with Crippen molar-refractivity contribution in [1.82, 2.24) is 4.98 Å². The Morgan fingerprint density at radius 1 is 1.33 bits per heavy atom. The molecule has 0 fully saturated rings. The smallest absolute Gasteiger partial charge is 0.340 e. The molecule has 4 heteroatoms. The number of hydrogen-bond acceptors (Lipinski definition) is 4. The first-order chi connectivity index (χ1) is 7.24. The van der Waals surface area contributed by atoms with Crippen molar-refractivity contribution in [1.29, 1.82) is 0 Å². The van der Waals surface area contributed by atoms with Crippen LogP contribution in [0.3, 0.4) is 0 Å². The minimum absolute atomic E-state index is 0.404. The number of hydrogen-bond donors (Lipinski definition) is 1. The molecule has 0 aliphatic heterocycles. The number of nitrogens with zero attached hydrogens (tertiary/aromatic N) is 1. The minimum atomic E-state index is -0.404. The van der Waals surface area contributed by atoms with Crippen LogP contribution in [-0.2, 0) is 4.74 Å². The highest BCUT2D eigenvalue weighted by Gasteiger charge is 2.11. The summed E-state index contributed by atoms with van der Waals surface area (Å²) in [4.78, 5) is 15.4. The number of carbonyl (C=O) groups is 1. The lowest BCUT2D eigenvalue weighted by atomic mass is 10.1. The van der Waals surface area contributed by atoms with Crippen LogP contribution in [0.2, 0.25) is 0 Å². The fourth-order valence-electron chi connectivity index (χ4n) is 1.49. The fourth-order valence-corrected chi connectivity index (χ4v) is 1.49. The van der Waals surface area contributed by atoms with Crippen molar-refractivity contribution in [3.8, 4) is 0 Å². The van der Waals surface area contributed by atoms with Crippen LogP contribution in [0, 0.1) is 0 Å². The molecule has 0 saturated heterocycles. The summed E-state index contributed by atoms with van der Waals surface area (Å²) in [6.07, 6.45) is 3.12. The SMILES string of the molecule is COC(=O)c1cncc2c(N)cccc12. The van der Waals surface area contributed by atoms with Crippen molar-refractivity contribution in [2.75, 3.05) is 12.8 Å². The monoisotopic (exact) mass is 202 g/mol. The zero-order chi connectivity index (χ0) is 10.8. The predicted molar refractivity (Wildman–Crippen MR) is 57.5 cm³/mol. The highest BCUT2D eigenvalue weighted by molar-refractivity contribution is 6.06. The van der Waals surface area contributed by atoms with Crippen LogP contribution in [0.1, 0.15) is 10.4 Å². The number of nitrogens with two attached hydrogens (primary N) is 1. The lowest BCUT2D eigenvalue weighted by molar-refractivity contribution is 0.0602. The number of aromatic nitrogens is 1. The number of anilines is 1. The third-order valence-electron chi connectivity index (χ3n) is 2.24. The first-order valence-corrected chi connectivity index (χ1v) is 4.44. The van der Waals surface area contributed by atoms with E-state index in [0.717, 1.165) is 10.8 Å². The molecule has 2 N–H and O–H groups in total. The maximum Gasteiger partial charge on any atom is 0.340 e. The largest absolute Gasteiger partial charge is 0.465 e. The second kappa shape index (κ2) is 3.57. The second-order valence-electron chi connectivity index (χ2n) is 3.12. The van der Waals surface area contributed by atoms with Crippen LogP contribution in [0.25, 0.3) is 10.8 Å². The normalized spacial score (nSPS) is 10.2. The molecule has 0 saturated carbocycles. The van der Waals surface area contributed by atoms with Gasteiger partial charge in [0.1, 0.15) is 0 Å². The van der Waals surface area contributed by atoms with Gasteiger partial charge in [0.25, 0.3) is 0 Å². The van der Waals surface area contributed by atoms with Gasteiger partial charge in [0, 0.05) is 28.9 Å². The number of ether oxygens (including phenoxy) is 1. The molecule has 1 heterocycles. The van der Waals surface area contributed by atoms with Crippen LogP contribution in [0.15, 0.2) is 30.6 Å². The zero-order valence-electron chi connectivity index (χ0n) is 8.23. The van der Waals surface area contributed by atoms with E-state index >= 15 is 0 Å². The molecule has 0 aliphatic rings. The fraction of sp³-hybridized carbons (Fsp3) is 0.0909. The molecule has 0 atom stereocenters. The summed E-state index contributed by atoms with van der Waals surface area (Å²) >= 11 is 0. The molecule has 76 valence electrons. The summed E-state index contributed by atoms with van der Waals surface area (Å²) in [7, 11) is 1.34. The van der Waals surface area contributed by atoms with Gasteiger partial charge >= 0.3 is 5.97 Å². The van der Waals surface area contributed by atoms with Gasteiger partial charge in [-0.1, -0.05) is 12.1 Å². The third kappa shape index (κ3) is 1.50. The molecule has 0 bridgehead atoms. The lowest BCUT2D eigenvalue weighted by Crippen LogP contribution is -2.03. The van der Waals surface area contributed by atoms with Crippen LogP contribution in [-0.4, -0.2) is 18.1 Å². The molecule has 4 nitrogen and oxygen atoms in total. The van der Waals surface area contributed by atoms with Gasteiger partial charge in [-0.15, -0.1) is 0 Å². The minimum Gasteiger partial charge on any atom is -0.465 e. The molecule has 0 unspecified atom stereocenters. The average Bonchev–Trinajstić information content (AvgIpc) is 2.28. The van der Waals surface area contributed by atoms with Gasteiger partial charge in [-0.2, -0.15) is 0 Å². The molecule has 0 amide bonds. The van der Waals surface area contributed by atoms with E-state index in [1.807, 2.05) is 6.07 Å².